The second kappa shape index (κ2) is 8.77. The molecule has 0 heterocycles. The van der Waals surface area contributed by atoms with Crippen molar-refractivity contribution in [1.29, 1.82) is 0 Å². The molecule has 137 valence electrons. The van der Waals surface area contributed by atoms with Crippen LogP contribution in [0.2, 0.25) is 0 Å². The van der Waals surface area contributed by atoms with E-state index in [2.05, 4.69) is 70.2 Å². The molecule has 0 aromatic heterocycles. The van der Waals surface area contributed by atoms with Gasteiger partial charge in [-0.15, -0.1) is 0 Å². The first-order valence-electron chi connectivity index (χ1n) is 9.62. The van der Waals surface area contributed by atoms with Crippen LogP contribution < -0.4 is 0 Å². The Morgan fingerprint density at radius 1 is 1.04 bits per heavy atom. The van der Waals surface area contributed by atoms with Crippen LogP contribution in [0.3, 0.4) is 0 Å². The van der Waals surface area contributed by atoms with E-state index in [1.807, 2.05) is 0 Å². The number of allylic oxidation sites excluding steroid dienone is 1. The summed E-state index contributed by atoms with van der Waals surface area (Å²) in [5, 5.41) is 0. The van der Waals surface area contributed by atoms with Gasteiger partial charge in [0, 0.05) is 0 Å². The van der Waals surface area contributed by atoms with Crippen molar-refractivity contribution in [2.75, 3.05) is 0 Å². The molecule has 0 fully saturated rings. The molecule has 0 N–H and O–H groups in total. The van der Waals surface area contributed by atoms with E-state index in [-0.39, 0.29) is 0 Å². The molecule has 0 spiro atoms. The summed E-state index contributed by atoms with van der Waals surface area (Å²) in [4.78, 5) is 0. The summed E-state index contributed by atoms with van der Waals surface area (Å²) in [5.74, 6) is 0.495. The van der Waals surface area contributed by atoms with Crippen molar-refractivity contribution < 1.29 is 19.4 Å². The minimum absolute atomic E-state index is 0.312. The number of aryl methyl sites for hydroxylation is 1. The molecule has 0 radical (unpaired) electrons. The van der Waals surface area contributed by atoms with Crippen molar-refractivity contribution in [3.63, 3.8) is 0 Å². The molecule has 1 unspecified atom stereocenters. The van der Waals surface area contributed by atoms with Gasteiger partial charge >= 0.3 is 174 Å². The molecule has 0 amide bonds. The Kier molecular flexibility index (Phi) is 6.87. The van der Waals surface area contributed by atoms with E-state index >= 15 is 0 Å². The Morgan fingerprint density at radius 3 is 2.38 bits per heavy atom. The van der Waals surface area contributed by atoms with Gasteiger partial charge in [-0.2, -0.15) is 0 Å². The zero-order chi connectivity index (χ0) is 18.8. The van der Waals surface area contributed by atoms with Gasteiger partial charge < -0.3 is 0 Å². The maximum absolute atomic E-state index is 6.62. The van der Waals surface area contributed by atoms with Crippen molar-refractivity contribution in [3.8, 4) is 11.1 Å². The molecule has 26 heavy (non-hydrogen) atoms. The summed E-state index contributed by atoms with van der Waals surface area (Å²) in [5.41, 5.74) is 9.82. The van der Waals surface area contributed by atoms with Crippen molar-refractivity contribution in [3.05, 3.63) is 64.2 Å². The fourth-order valence-corrected chi connectivity index (χ4v) is 9.65. The molecule has 0 nitrogen and oxygen atoms in total. The first kappa shape index (κ1) is 20.4. The summed E-state index contributed by atoms with van der Waals surface area (Å²) in [7, 11) is 13.2. The second-order valence-electron chi connectivity index (χ2n) is 7.39. The number of benzene rings is 2. The molecule has 3 heteroatoms. The Balaban J connectivity index is 2.29. The van der Waals surface area contributed by atoms with E-state index in [1.54, 1.807) is 0 Å². The molecule has 0 bridgehead atoms. The Labute approximate surface area is 173 Å². The molecule has 1 atom stereocenters. The van der Waals surface area contributed by atoms with Gasteiger partial charge in [0.1, 0.15) is 0 Å². The molecule has 0 saturated heterocycles. The summed E-state index contributed by atoms with van der Waals surface area (Å²) >= 11 is -2.44. The fourth-order valence-electron chi connectivity index (χ4n) is 4.16. The van der Waals surface area contributed by atoms with Gasteiger partial charge in [0.2, 0.25) is 0 Å². The Hall–Kier alpha value is -0.357. The van der Waals surface area contributed by atoms with E-state index in [1.165, 1.54) is 39.0 Å². The predicted octanol–water partition coefficient (Wildman–Crippen LogP) is 8.20. The van der Waals surface area contributed by atoms with Crippen LogP contribution in [0.4, 0.5) is 0 Å². The number of hydrogen-bond acceptors (Lipinski definition) is 0. The van der Waals surface area contributed by atoms with Crippen molar-refractivity contribution in [1.82, 2.24) is 0 Å². The number of rotatable bonds is 6. The van der Waals surface area contributed by atoms with Gasteiger partial charge in [0.05, 0.1) is 0 Å². The summed E-state index contributed by atoms with van der Waals surface area (Å²) in [6.07, 6.45) is 5.68. The zero-order valence-corrected chi connectivity index (χ0v) is 20.0. The normalized spacial score (nSPS) is 16.0. The van der Waals surface area contributed by atoms with Gasteiger partial charge in [0.15, 0.2) is 0 Å². The molecule has 2 aromatic rings. The minimum atomic E-state index is -2.44. The third kappa shape index (κ3) is 3.78. The Bertz CT molecular complexity index is 821. The van der Waals surface area contributed by atoms with Gasteiger partial charge in [-0.1, -0.05) is 0 Å². The standard InChI is InChI=1S/C23H27.2ClH.Zr/c1-5-9-17-14-19-13-12-18(6-2)23(22(19)15-17)21-11-8-7-10-20(21)16(3)4;;;/h7-8,10-16H,5-6,9H2,1-4H3;2*1H;/q;;;+2/p-2. The molecule has 0 saturated carbocycles. The quantitative estimate of drug-likeness (QED) is 0.403. The van der Waals surface area contributed by atoms with E-state index < -0.39 is 19.4 Å². The molecule has 0 aliphatic heterocycles. The zero-order valence-electron chi connectivity index (χ0n) is 16.1. The Morgan fingerprint density at radius 2 is 1.77 bits per heavy atom. The summed E-state index contributed by atoms with van der Waals surface area (Å²) in [6.45, 7) is 9.03. The van der Waals surface area contributed by atoms with Crippen molar-refractivity contribution in [2.24, 2.45) is 0 Å². The van der Waals surface area contributed by atoms with Crippen LogP contribution in [0.15, 0.2) is 42.0 Å². The monoisotopic (exact) mass is 463 g/mol. The van der Waals surface area contributed by atoms with Gasteiger partial charge in [-0.3, -0.25) is 0 Å². The van der Waals surface area contributed by atoms with Crippen LogP contribution in [0.25, 0.3) is 17.2 Å². The third-order valence-corrected chi connectivity index (χ3v) is 10.7. The molecule has 1 aliphatic carbocycles. The summed E-state index contributed by atoms with van der Waals surface area (Å²) < 4.78 is 0.312. The molecular formula is C23H27Cl2Zr. The first-order valence-corrected chi connectivity index (χ1v) is 17.4. The summed E-state index contributed by atoms with van der Waals surface area (Å²) in [6, 6.07) is 13.5. The van der Waals surface area contributed by atoms with E-state index in [9.17, 15) is 0 Å². The number of hydrogen-bond donors (Lipinski definition) is 0. The molecule has 3 rings (SSSR count). The first-order chi connectivity index (χ1) is 12.5. The van der Waals surface area contributed by atoms with E-state index in [0.717, 1.165) is 19.3 Å². The van der Waals surface area contributed by atoms with E-state index in [4.69, 9.17) is 17.0 Å². The van der Waals surface area contributed by atoms with Crippen LogP contribution in [0, 0.1) is 0 Å². The molecular weight excluding hydrogens is 438 g/mol. The molecule has 2 aromatic carbocycles. The number of fused-ring (bicyclic) bond motifs is 1. The van der Waals surface area contributed by atoms with Crippen LogP contribution in [-0.2, 0) is 25.8 Å². The van der Waals surface area contributed by atoms with Gasteiger partial charge in [0.25, 0.3) is 0 Å². The SMILES string of the molecule is CCCC1=Cc2c(ccc(CC)c2-c2ccccc2C(C)C)[CH]1[Zr]([Cl])[Cl]. The van der Waals surface area contributed by atoms with Crippen LogP contribution in [0.5, 0.6) is 0 Å². The third-order valence-electron chi connectivity index (χ3n) is 5.37. The van der Waals surface area contributed by atoms with Crippen LogP contribution in [-0.4, -0.2) is 0 Å². The van der Waals surface area contributed by atoms with Crippen molar-refractivity contribution in [2.45, 2.75) is 56.5 Å². The van der Waals surface area contributed by atoms with Crippen molar-refractivity contribution >= 4 is 23.1 Å². The van der Waals surface area contributed by atoms with Gasteiger partial charge in [-0.25, -0.2) is 0 Å². The fraction of sp³-hybridized carbons (Fsp3) is 0.391. The topological polar surface area (TPSA) is 0 Å². The number of halogens is 2. The second-order valence-corrected chi connectivity index (χ2v) is 16.2. The predicted molar refractivity (Wildman–Crippen MR) is 113 cm³/mol. The maximum atomic E-state index is 6.62. The van der Waals surface area contributed by atoms with E-state index in [0.29, 0.717) is 9.54 Å². The van der Waals surface area contributed by atoms with Gasteiger partial charge in [-0.05, 0) is 0 Å². The average Bonchev–Trinajstić information content (AvgIpc) is 2.99. The molecule has 1 aliphatic rings. The van der Waals surface area contributed by atoms with Crippen LogP contribution in [0.1, 0.15) is 72.3 Å². The van der Waals surface area contributed by atoms with Crippen LogP contribution >= 0.6 is 17.0 Å². The average molecular weight is 466 g/mol.